The van der Waals surface area contributed by atoms with Crippen LogP contribution in [-0.2, 0) is 6.73 Å². The summed E-state index contributed by atoms with van der Waals surface area (Å²) in [5, 5.41) is 12.7. The zero-order valence-corrected chi connectivity index (χ0v) is 11.7. The molecule has 0 amide bonds. The number of carboxylic acids is 1. The van der Waals surface area contributed by atoms with Gasteiger partial charge in [-0.15, -0.1) is 0 Å². The molecule has 0 saturated carbocycles. The molecule has 0 radical (unpaired) electrons. The minimum absolute atomic E-state index is 0.00280. The third-order valence-electron chi connectivity index (χ3n) is 3.18. The topological polar surface area (TPSA) is 64.3 Å². The molecule has 0 bridgehead atoms. The Bertz CT molecular complexity index is 764. The first-order chi connectivity index (χ1) is 10.7. The quantitative estimate of drug-likeness (QED) is 0.784. The Morgan fingerprint density at radius 2 is 1.68 bits per heavy atom. The molecule has 5 heteroatoms. The lowest BCUT2D eigenvalue weighted by Gasteiger charge is -2.07. The SMILES string of the molecule is O=C(O)c1ccn(COc2ccc(-c3ccccc3)cc2)n1. The van der Waals surface area contributed by atoms with Crippen molar-refractivity contribution in [1.82, 2.24) is 9.78 Å². The van der Waals surface area contributed by atoms with Crippen LogP contribution in [0.15, 0.2) is 66.9 Å². The lowest BCUT2D eigenvalue weighted by molar-refractivity contribution is 0.0688. The summed E-state index contributed by atoms with van der Waals surface area (Å²) in [4.78, 5) is 10.7. The molecule has 2 aromatic carbocycles. The first-order valence-corrected chi connectivity index (χ1v) is 6.77. The number of aromatic carboxylic acids is 1. The normalized spacial score (nSPS) is 10.4. The van der Waals surface area contributed by atoms with Gasteiger partial charge >= 0.3 is 5.97 Å². The molecule has 0 saturated heterocycles. The zero-order valence-electron chi connectivity index (χ0n) is 11.7. The molecule has 0 aliphatic carbocycles. The van der Waals surface area contributed by atoms with Gasteiger partial charge in [-0.05, 0) is 29.3 Å². The average molecular weight is 294 g/mol. The first-order valence-electron chi connectivity index (χ1n) is 6.77. The monoisotopic (exact) mass is 294 g/mol. The maximum absolute atomic E-state index is 10.7. The highest BCUT2D eigenvalue weighted by molar-refractivity contribution is 5.85. The van der Waals surface area contributed by atoms with Crippen molar-refractivity contribution < 1.29 is 14.6 Å². The standard InChI is InChI=1S/C17H14N2O3/c20-17(21)16-10-11-19(18-16)12-22-15-8-6-14(7-9-15)13-4-2-1-3-5-13/h1-11H,12H2,(H,20,21). The van der Waals surface area contributed by atoms with Crippen LogP contribution >= 0.6 is 0 Å². The summed E-state index contributed by atoms with van der Waals surface area (Å²) in [6.07, 6.45) is 1.57. The van der Waals surface area contributed by atoms with Gasteiger partial charge in [-0.1, -0.05) is 42.5 Å². The van der Waals surface area contributed by atoms with E-state index in [0.29, 0.717) is 5.75 Å². The molecule has 3 aromatic rings. The Balaban J connectivity index is 1.65. The van der Waals surface area contributed by atoms with Crippen molar-refractivity contribution in [2.45, 2.75) is 6.73 Å². The summed E-state index contributed by atoms with van der Waals surface area (Å²) in [5.41, 5.74) is 2.26. The molecule has 22 heavy (non-hydrogen) atoms. The number of carbonyl (C=O) groups is 1. The van der Waals surface area contributed by atoms with Crippen molar-refractivity contribution in [2.75, 3.05) is 0 Å². The summed E-state index contributed by atoms with van der Waals surface area (Å²) in [5.74, 6) is -0.349. The minimum atomic E-state index is -1.05. The number of aromatic nitrogens is 2. The molecular weight excluding hydrogens is 280 g/mol. The molecule has 0 atom stereocenters. The van der Waals surface area contributed by atoms with Crippen molar-refractivity contribution in [2.24, 2.45) is 0 Å². The molecule has 3 rings (SSSR count). The minimum Gasteiger partial charge on any atom is -0.476 e. The van der Waals surface area contributed by atoms with Crippen LogP contribution in [0.4, 0.5) is 0 Å². The third kappa shape index (κ3) is 3.15. The van der Waals surface area contributed by atoms with Crippen LogP contribution in [0.1, 0.15) is 10.5 Å². The molecular formula is C17H14N2O3. The fourth-order valence-electron chi connectivity index (χ4n) is 2.06. The van der Waals surface area contributed by atoms with Crippen molar-refractivity contribution in [3.63, 3.8) is 0 Å². The second-order valence-electron chi connectivity index (χ2n) is 4.71. The second-order valence-corrected chi connectivity index (χ2v) is 4.71. The Morgan fingerprint density at radius 1 is 1.00 bits per heavy atom. The van der Waals surface area contributed by atoms with Gasteiger partial charge in [0.2, 0.25) is 0 Å². The number of nitrogens with zero attached hydrogens (tertiary/aromatic N) is 2. The summed E-state index contributed by atoms with van der Waals surface area (Å²) in [6, 6.07) is 19.2. The highest BCUT2D eigenvalue weighted by Gasteiger charge is 2.06. The van der Waals surface area contributed by atoms with Gasteiger partial charge in [-0.3, -0.25) is 0 Å². The van der Waals surface area contributed by atoms with Crippen LogP contribution in [0.5, 0.6) is 5.75 Å². The molecule has 0 fully saturated rings. The molecule has 5 nitrogen and oxygen atoms in total. The fourth-order valence-corrected chi connectivity index (χ4v) is 2.06. The maximum atomic E-state index is 10.7. The summed E-state index contributed by atoms with van der Waals surface area (Å²) >= 11 is 0. The van der Waals surface area contributed by atoms with Crippen molar-refractivity contribution >= 4 is 5.97 Å². The van der Waals surface area contributed by atoms with Crippen molar-refractivity contribution in [3.8, 4) is 16.9 Å². The van der Waals surface area contributed by atoms with Crippen LogP contribution in [0.25, 0.3) is 11.1 Å². The van der Waals surface area contributed by atoms with E-state index in [9.17, 15) is 4.79 Å². The predicted octanol–water partition coefficient (Wildman–Crippen LogP) is 3.28. The molecule has 0 aliphatic rings. The molecule has 0 unspecified atom stereocenters. The van der Waals surface area contributed by atoms with Gasteiger partial charge in [-0.25, -0.2) is 9.48 Å². The Morgan fingerprint density at radius 3 is 2.32 bits per heavy atom. The first kappa shape index (κ1) is 13.9. The molecule has 1 aromatic heterocycles. The van der Waals surface area contributed by atoms with E-state index in [1.54, 1.807) is 6.20 Å². The van der Waals surface area contributed by atoms with Crippen LogP contribution in [-0.4, -0.2) is 20.9 Å². The summed E-state index contributed by atoms with van der Waals surface area (Å²) in [6.45, 7) is 0.165. The highest BCUT2D eigenvalue weighted by Crippen LogP contribution is 2.22. The van der Waals surface area contributed by atoms with E-state index in [1.165, 1.54) is 10.7 Å². The number of hydrogen-bond donors (Lipinski definition) is 1. The number of hydrogen-bond acceptors (Lipinski definition) is 3. The number of rotatable bonds is 5. The van der Waals surface area contributed by atoms with Crippen LogP contribution in [0, 0.1) is 0 Å². The van der Waals surface area contributed by atoms with Gasteiger partial charge in [0.05, 0.1) is 0 Å². The number of carboxylic acid groups (broad SMARTS) is 1. The van der Waals surface area contributed by atoms with Gasteiger partial charge in [0.25, 0.3) is 0 Å². The van der Waals surface area contributed by atoms with E-state index in [4.69, 9.17) is 9.84 Å². The smallest absolute Gasteiger partial charge is 0.356 e. The third-order valence-corrected chi connectivity index (χ3v) is 3.18. The van der Waals surface area contributed by atoms with E-state index >= 15 is 0 Å². The van der Waals surface area contributed by atoms with E-state index < -0.39 is 5.97 Å². The van der Waals surface area contributed by atoms with Crippen LogP contribution in [0.2, 0.25) is 0 Å². The fraction of sp³-hybridized carbons (Fsp3) is 0.0588. The molecule has 0 spiro atoms. The van der Waals surface area contributed by atoms with E-state index in [-0.39, 0.29) is 12.4 Å². The molecule has 1 heterocycles. The predicted molar refractivity (Wildman–Crippen MR) is 81.7 cm³/mol. The van der Waals surface area contributed by atoms with Crippen molar-refractivity contribution in [1.29, 1.82) is 0 Å². The Labute approximate surface area is 127 Å². The second kappa shape index (κ2) is 6.13. The Hall–Kier alpha value is -3.08. The summed E-state index contributed by atoms with van der Waals surface area (Å²) < 4.78 is 7.02. The van der Waals surface area contributed by atoms with Gasteiger partial charge in [0.15, 0.2) is 12.4 Å². The molecule has 110 valence electrons. The van der Waals surface area contributed by atoms with Gasteiger partial charge in [-0.2, -0.15) is 5.10 Å². The number of benzene rings is 2. The van der Waals surface area contributed by atoms with Gasteiger partial charge in [0, 0.05) is 6.20 Å². The van der Waals surface area contributed by atoms with Gasteiger partial charge < -0.3 is 9.84 Å². The Kier molecular flexibility index (Phi) is 3.87. The number of ether oxygens (including phenoxy) is 1. The molecule has 1 N–H and O–H groups in total. The lowest BCUT2D eigenvalue weighted by atomic mass is 10.1. The summed E-state index contributed by atoms with van der Waals surface area (Å²) in [7, 11) is 0. The van der Waals surface area contributed by atoms with Crippen LogP contribution in [0.3, 0.4) is 0 Å². The maximum Gasteiger partial charge on any atom is 0.356 e. The molecule has 0 aliphatic heterocycles. The lowest BCUT2D eigenvalue weighted by Crippen LogP contribution is -2.07. The zero-order chi connectivity index (χ0) is 15.4. The average Bonchev–Trinajstić information content (AvgIpc) is 3.04. The van der Waals surface area contributed by atoms with Crippen molar-refractivity contribution in [3.05, 3.63) is 72.6 Å². The highest BCUT2D eigenvalue weighted by atomic mass is 16.5. The van der Waals surface area contributed by atoms with Gasteiger partial charge in [0.1, 0.15) is 5.75 Å². The largest absolute Gasteiger partial charge is 0.476 e. The van der Waals surface area contributed by atoms with Crippen LogP contribution < -0.4 is 4.74 Å². The van der Waals surface area contributed by atoms with E-state index in [0.717, 1.165) is 11.1 Å². The van der Waals surface area contributed by atoms with E-state index in [2.05, 4.69) is 5.10 Å². The van der Waals surface area contributed by atoms with E-state index in [1.807, 2.05) is 54.6 Å².